The first-order valence-electron chi connectivity index (χ1n) is 6.43. The van der Waals surface area contributed by atoms with Crippen LogP contribution in [0.3, 0.4) is 0 Å². The molecule has 0 amide bonds. The van der Waals surface area contributed by atoms with Crippen molar-refractivity contribution in [3.05, 3.63) is 59.7 Å². The number of halogens is 3. The van der Waals surface area contributed by atoms with Gasteiger partial charge in [0.1, 0.15) is 10.6 Å². The average molecular weight is 360 g/mol. The molecule has 0 fully saturated rings. The van der Waals surface area contributed by atoms with Crippen LogP contribution in [0.4, 0.5) is 13.2 Å². The number of ether oxygens (including phenoxy) is 1. The minimum absolute atomic E-state index is 0.0363. The number of carbonyl (C=O) groups excluding carboxylic acids is 1. The number of hydrogen-bond acceptors (Lipinski definition) is 5. The van der Waals surface area contributed by atoms with Gasteiger partial charge in [0.25, 0.3) is 0 Å². The Balaban J connectivity index is 2.34. The monoisotopic (exact) mass is 360 g/mol. The number of methoxy groups -OCH3 is 1. The van der Waals surface area contributed by atoms with Crippen molar-refractivity contribution in [1.82, 2.24) is 0 Å². The highest BCUT2D eigenvalue weighted by Gasteiger charge is 2.32. The van der Waals surface area contributed by atoms with E-state index >= 15 is 0 Å². The second-order valence-electron chi connectivity index (χ2n) is 4.58. The standard InChI is InChI=1S/C15H11F3O5S/c1-22-14(19)10-4-2-6-12(8-10)23-24(20,21)13-7-3-5-11(9-13)15(16,17)18/h2-9H,1H3. The van der Waals surface area contributed by atoms with Crippen LogP contribution >= 0.6 is 0 Å². The van der Waals surface area contributed by atoms with Crippen LogP contribution in [0, 0.1) is 0 Å². The van der Waals surface area contributed by atoms with Crippen LogP contribution in [-0.2, 0) is 21.0 Å². The Kier molecular flexibility index (Phi) is 4.83. The van der Waals surface area contributed by atoms with Gasteiger partial charge in [-0.3, -0.25) is 0 Å². The number of benzene rings is 2. The van der Waals surface area contributed by atoms with E-state index in [0.717, 1.165) is 31.4 Å². The number of alkyl halides is 3. The number of rotatable bonds is 4. The van der Waals surface area contributed by atoms with Crippen molar-refractivity contribution in [2.45, 2.75) is 11.1 Å². The fraction of sp³-hybridized carbons (Fsp3) is 0.133. The molecule has 0 radical (unpaired) electrons. The molecule has 0 heterocycles. The summed E-state index contributed by atoms with van der Waals surface area (Å²) in [5.41, 5.74) is -1.08. The van der Waals surface area contributed by atoms with Crippen LogP contribution in [0.2, 0.25) is 0 Å². The molecular weight excluding hydrogens is 349 g/mol. The largest absolute Gasteiger partial charge is 0.465 e. The normalized spacial score (nSPS) is 11.8. The van der Waals surface area contributed by atoms with Crippen molar-refractivity contribution in [3.63, 3.8) is 0 Å². The predicted molar refractivity (Wildman–Crippen MR) is 77.0 cm³/mol. The van der Waals surface area contributed by atoms with E-state index in [1.54, 1.807) is 0 Å². The summed E-state index contributed by atoms with van der Waals surface area (Å²) in [6, 6.07) is 8.24. The summed E-state index contributed by atoms with van der Waals surface area (Å²) >= 11 is 0. The van der Waals surface area contributed by atoms with Crippen LogP contribution in [0.25, 0.3) is 0 Å². The quantitative estimate of drug-likeness (QED) is 0.618. The smallest absolute Gasteiger partial charge is 0.416 e. The van der Waals surface area contributed by atoms with Gasteiger partial charge >= 0.3 is 22.3 Å². The summed E-state index contributed by atoms with van der Waals surface area (Å²) in [7, 11) is -3.35. The van der Waals surface area contributed by atoms with E-state index in [-0.39, 0.29) is 11.3 Å². The van der Waals surface area contributed by atoms with Gasteiger partial charge in [-0.05, 0) is 36.4 Å². The molecule has 128 valence electrons. The van der Waals surface area contributed by atoms with Crippen LogP contribution in [-0.4, -0.2) is 21.5 Å². The molecule has 2 aromatic rings. The maximum Gasteiger partial charge on any atom is 0.416 e. The second-order valence-corrected chi connectivity index (χ2v) is 6.13. The maximum atomic E-state index is 12.7. The Morgan fingerprint density at radius 2 is 1.71 bits per heavy atom. The van der Waals surface area contributed by atoms with Gasteiger partial charge in [0.15, 0.2) is 0 Å². The van der Waals surface area contributed by atoms with Gasteiger partial charge in [0.05, 0.1) is 18.2 Å². The van der Waals surface area contributed by atoms with Gasteiger partial charge in [-0.15, -0.1) is 0 Å². The fourth-order valence-electron chi connectivity index (χ4n) is 1.80. The topological polar surface area (TPSA) is 69.7 Å². The van der Waals surface area contributed by atoms with Crippen LogP contribution in [0.15, 0.2) is 53.4 Å². The van der Waals surface area contributed by atoms with E-state index in [4.69, 9.17) is 4.18 Å². The molecule has 0 spiro atoms. The fourth-order valence-corrected chi connectivity index (χ4v) is 2.77. The van der Waals surface area contributed by atoms with Gasteiger partial charge in [-0.25, -0.2) is 4.79 Å². The van der Waals surface area contributed by atoms with E-state index < -0.39 is 32.7 Å². The zero-order valence-electron chi connectivity index (χ0n) is 12.2. The van der Waals surface area contributed by atoms with Gasteiger partial charge in [0, 0.05) is 0 Å². The molecule has 0 saturated heterocycles. The third-order valence-corrected chi connectivity index (χ3v) is 4.15. The van der Waals surface area contributed by atoms with Crippen molar-refractivity contribution >= 4 is 16.1 Å². The third-order valence-electron chi connectivity index (χ3n) is 2.91. The van der Waals surface area contributed by atoms with Gasteiger partial charge < -0.3 is 8.92 Å². The molecule has 0 atom stereocenters. The Labute approximate surface area is 135 Å². The van der Waals surface area contributed by atoms with Gasteiger partial charge in [-0.2, -0.15) is 21.6 Å². The summed E-state index contributed by atoms with van der Waals surface area (Å²) in [5, 5.41) is 0. The summed E-state index contributed by atoms with van der Waals surface area (Å²) in [6.45, 7) is 0. The van der Waals surface area contributed by atoms with Crippen LogP contribution in [0.1, 0.15) is 15.9 Å². The van der Waals surface area contributed by atoms with Crippen molar-refractivity contribution in [2.75, 3.05) is 7.11 Å². The summed E-state index contributed by atoms with van der Waals surface area (Å²) in [4.78, 5) is 10.8. The molecule has 0 aromatic heterocycles. The van der Waals surface area contributed by atoms with E-state index in [1.165, 1.54) is 18.2 Å². The first-order valence-corrected chi connectivity index (χ1v) is 7.84. The van der Waals surface area contributed by atoms with Gasteiger partial charge in [-0.1, -0.05) is 12.1 Å². The highest BCUT2D eigenvalue weighted by molar-refractivity contribution is 7.87. The zero-order chi connectivity index (χ0) is 18.0. The first kappa shape index (κ1) is 17.8. The highest BCUT2D eigenvalue weighted by Crippen LogP contribution is 2.31. The summed E-state index contributed by atoms with van der Waals surface area (Å²) in [6.07, 6.45) is -4.68. The average Bonchev–Trinajstić information content (AvgIpc) is 2.53. The molecule has 24 heavy (non-hydrogen) atoms. The lowest BCUT2D eigenvalue weighted by molar-refractivity contribution is -0.137. The van der Waals surface area contributed by atoms with E-state index in [9.17, 15) is 26.4 Å². The lowest BCUT2D eigenvalue weighted by atomic mass is 10.2. The van der Waals surface area contributed by atoms with E-state index in [0.29, 0.717) is 6.07 Å². The molecule has 0 aliphatic rings. The van der Waals surface area contributed by atoms with Crippen LogP contribution < -0.4 is 4.18 Å². The lowest BCUT2D eigenvalue weighted by Gasteiger charge is -2.10. The molecule has 0 unspecified atom stereocenters. The highest BCUT2D eigenvalue weighted by atomic mass is 32.2. The number of esters is 1. The molecule has 9 heteroatoms. The Bertz CT molecular complexity index is 859. The van der Waals surface area contributed by atoms with Crippen molar-refractivity contribution in [2.24, 2.45) is 0 Å². The first-order chi connectivity index (χ1) is 11.1. The maximum absolute atomic E-state index is 12.7. The summed E-state index contributed by atoms with van der Waals surface area (Å²) in [5.74, 6) is -0.938. The lowest BCUT2D eigenvalue weighted by Crippen LogP contribution is -2.12. The second kappa shape index (κ2) is 6.52. The Morgan fingerprint density at radius 3 is 2.33 bits per heavy atom. The Morgan fingerprint density at radius 1 is 1.04 bits per heavy atom. The Hall–Kier alpha value is -2.55. The molecule has 0 aliphatic carbocycles. The third kappa shape index (κ3) is 4.05. The SMILES string of the molecule is COC(=O)c1cccc(OS(=O)(=O)c2cccc(C(F)(F)F)c2)c1. The van der Waals surface area contributed by atoms with Crippen LogP contribution in [0.5, 0.6) is 5.75 Å². The van der Waals surface area contributed by atoms with Crippen molar-refractivity contribution in [1.29, 1.82) is 0 Å². The molecule has 5 nitrogen and oxygen atoms in total. The van der Waals surface area contributed by atoms with Crippen molar-refractivity contribution < 1.29 is 35.3 Å². The molecular formula is C15H11F3O5S. The van der Waals surface area contributed by atoms with E-state index in [2.05, 4.69) is 4.74 Å². The number of carbonyl (C=O) groups is 1. The van der Waals surface area contributed by atoms with E-state index in [1.807, 2.05) is 0 Å². The molecule has 0 aliphatic heterocycles. The molecule has 0 bridgehead atoms. The minimum Gasteiger partial charge on any atom is -0.465 e. The zero-order valence-corrected chi connectivity index (χ0v) is 13.0. The molecule has 0 N–H and O–H groups in total. The number of hydrogen-bond donors (Lipinski definition) is 0. The minimum atomic E-state index is -4.68. The summed E-state index contributed by atoms with van der Waals surface area (Å²) < 4.78 is 71.6. The molecule has 2 aromatic carbocycles. The van der Waals surface area contributed by atoms with Gasteiger partial charge in [0.2, 0.25) is 0 Å². The van der Waals surface area contributed by atoms with Crippen molar-refractivity contribution in [3.8, 4) is 5.75 Å². The predicted octanol–water partition coefficient (Wildman–Crippen LogP) is 3.26. The molecule has 2 rings (SSSR count). The molecule has 0 saturated carbocycles.